The highest BCUT2D eigenvalue weighted by Gasteiger charge is 2.31. The minimum atomic E-state index is -4.72. The summed E-state index contributed by atoms with van der Waals surface area (Å²) < 4.78 is 40.9. The number of halogens is 3. The highest BCUT2D eigenvalue weighted by Crippen LogP contribution is 2.24. The van der Waals surface area contributed by atoms with Gasteiger partial charge in [-0.1, -0.05) is 36.4 Å². The van der Waals surface area contributed by atoms with Crippen molar-refractivity contribution in [1.82, 2.24) is 0 Å². The molecule has 3 aromatic carbocycles. The molecule has 5 nitrogen and oxygen atoms in total. The third-order valence-corrected chi connectivity index (χ3v) is 4.19. The second-order valence-corrected chi connectivity index (χ2v) is 6.58. The largest absolute Gasteiger partial charge is 0.573 e. The number of carbonyl (C=O) groups is 1. The fourth-order valence-electron chi connectivity index (χ4n) is 2.73. The van der Waals surface area contributed by atoms with Gasteiger partial charge in [-0.15, -0.1) is 13.2 Å². The second kappa shape index (κ2) is 9.71. The Labute approximate surface area is 177 Å². The highest BCUT2D eigenvalue weighted by molar-refractivity contribution is 6.03. The standard InChI is InChI=1S/C23H20F3N3O2/c24-23(25,26)31-19-5-3-4-17(14-19)15-28-18-11-8-16(9-12-18)10-13-22(30)29-21-7-2-1-6-20(21)27/h1-14,28H,15,27H2,(H,29,30)/b13-10-. The van der Waals surface area contributed by atoms with Gasteiger partial charge in [0.2, 0.25) is 5.91 Å². The average Bonchev–Trinajstić information content (AvgIpc) is 2.72. The number of ether oxygens (including phenoxy) is 1. The van der Waals surface area contributed by atoms with Gasteiger partial charge in [0.25, 0.3) is 0 Å². The quantitative estimate of drug-likeness (QED) is 0.347. The van der Waals surface area contributed by atoms with Gasteiger partial charge < -0.3 is 21.1 Å². The first kappa shape index (κ1) is 21.8. The predicted molar refractivity (Wildman–Crippen MR) is 115 cm³/mol. The van der Waals surface area contributed by atoms with Crippen LogP contribution in [0.4, 0.5) is 30.2 Å². The Morgan fingerprint density at radius 3 is 2.45 bits per heavy atom. The van der Waals surface area contributed by atoms with Crippen molar-refractivity contribution in [3.63, 3.8) is 0 Å². The number of amides is 1. The van der Waals surface area contributed by atoms with Gasteiger partial charge in [0.1, 0.15) is 5.75 Å². The first-order chi connectivity index (χ1) is 14.8. The number of anilines is 3. The maximum absolute atomic E-state index is 12.3. The zero-order valence-electron chi connectivity index (χ0n) is 16.3. The second-order valence-electron chi connectivity index (χ2n) is 6.58. The maximum atomic E-state index is 12.3. The van der Waals surface area contributed by atoms with Crippen molar-refractivity contribution >= 4 is 29.0 Å². The van der Waals surface area contributed by atoms with Crippen molar-refractivity contribution in [2.75, 3.05) is 16.4 Å². The van der Waals surface area contributed by atoms with Crippen molar-refractivity contribution in [2.45, 2.75) is 12.9 Å². The van der Waals surface area contributed by atoms with Crippen LogP contribution in [0.1, 0.15) is 11.1 Å². The number of benzene rings is 3. The van der Waals surface area contributed by atoms with Gasteiger partial charge in [-0.25, -0.2) is 0 Å². The van der Waals surface area contributed by atoms with E-state index in [0.717, 1.165) is 11.3 Å². The summed E-state index contributed by atoms with van der Waals surface area (Å²) >= 11 is 0. The number of hydrogen-bond donors (Lipinski definition) is 3. The van der Waals surface area contributed by atoms with Crippen LogP contribution in [0.25, 0.3) is 6.08 Å². The topological polar surface area (TPSA) is 76.4 Å². The van der Waals surface area contributed by atoms with E-state index in [2.05, 4.69) is 15.4 Å². The summed E-state index contributed by atoms with van der Waals surface area (Å²) in [6.45, 7) is 0.325. The maximum Gasteiger partial charge on any atom is 0.573 e. The van der Waals surface area contributed by atoms with Gasteiger partial charge in [0.05, 0.1) is 11.4 Å². The molecule has 0 unspecified atom stereocenters. The molecule has 1 amide bonds. The SMILES string of the molecule is Nc1ccccc1NC(=O)/C=C\c1ccc(NCc2cccc(OC(F)(F)F)c2)cc1. The number of nitrogen functional groups attached to an aromatic ring is 1. The van der Waals surface area contributed by atoms with Crippen molar-refractivity contribution < 1.29 is 22.7 Å². The third-order valence-electron chi connectivity index (χ3n) is 4.19. The van der Waals surface area contributed by atoms with Gasteiger partial charge in [-0.05, 0) is 53.6 Å². The van der Waals surface area contributed by atoms with Crippen molar-refractivity contribution in [1.29, 1.82) is 0 Å². The Bertz CT molecular complexity index is 1060. The fraction of sp³-hybridized carbons (Fsp3) is 0.0870. The van der Waals surface area contributed by atoms with Gasteiger partial charge in [0, 0.05) is 18.3 Å². The molecule has 0 saturated heterocycles. The molecule has 0 aliphatic heterocycles. The number of alkyl halides is 3. The van der Waals surface area contributed by atoms with Crippen LogP contribution in [-0.4, -0.2) is 12.3 Å². The van der Waals surface area contributed by atoms with E-state index in [4.69, 9.17) is 5.73 Å². The van der Waals surface area contributed by atoms with Gasteiger partial charge in [-0.3, -0.25) is 4.79 Å². The van der Waals surface area contributed by atoms with E-state index in [9.17, 15) is 18.0 Å². The zero-order chi connectivity index (χ0) is 22.3. The smallest absolute Gasteiger partial charge is 0.406 e. The monoisotopic (exact) mass is 427 g/mol. The number of nitrogens with two attached hydrogens (primary N) is 1. The summed E-state index contributed by atoms with van der Waals surface area (Å²) in [6.07, 6.45) is -1.66. The van der Waals surface area contributed by atoms with Crippen LogP contribution < -0.4 is 21.1 Å². The normalized spacial score (nSPS) is 11.3. The zero-order valence-corrected chi connectivity index (χ0v) is 16.3. The lowest BCUT2D eigenvalue weighted by atomic mass is 10.1. The van der Waals surface area contributed by atoms with Crippen molar-refractivity contribution in [3.8, 4) is 5.75 Å². The van der Waals surface area contributed by atoms with Gasteiger partial charge in [-0.2, -0.15) is 0 Å². The Kier molecular flexibility index (Phi) is 6.81. The van der Waals surface area contributed by atoms with E-state index >= 15 is 0 Å². The number of para-hydroxylation sites is 2. The van der Waals surface area contributed by atoms with Crippen LogP contribution in [0.5, 0.6) is 5.75 Å². The molecular formula is C23H20F3N3O2. The minimum Gasteiger partial charge on any atom is -0.406 e. The molecule has 0 aromatic heterocycles. The molecule has 0 aliphatic carbocycles. The number of nitrogens with one attached hydrogen (secondary N) is 2. The number of carbonyl (C=O) groups excluding carboxylic acids is 1. The summed E-state index contributed by atoms with van der Waals surface area (Å²) in [4.78, 5) is 12.0. The minimum absolute atomic E-state index is 0.261. The lowest BCUT2D eigenvalue weighted by Crippen LogP contribution is -2.17. The van der Waals surface area contributed by atoms with Crippen molar-refractivity contribution in [3.05, 3.63) is 90.0 Å². The first-order valence-corrected chi connectivity index (χ1v) is 9.31. The Morgan fingerprint density at radius 1 is 1.00 bits per heavy atom. The molecule has 0 bridgehead atoms. The summed E-state index contributed by atoms with van der Waals surface area (Å²) in [5, 5.41) is 5.83. The highest BCUT2D eigenvalue weighted by atomic mass is 19.4. The summed E-state index contributed by atoms with van der Waals surface area (Å²) in [7, 11) is 0. The molecule has 3 aromatic rings. The van der Waals surface area contributed by atoms with Crippen LogP contribution in [0, 0.1) is 0 Å². The molecule has 160 valence electrons. The van der Waals surface area contributed by atoms with Gasteiger partial charge >= 0.3 is 6.36 Å². The van der Waals surface area contributed by atoms with E-state index in [1.807, 2.05) is 24.3 Å². The Morgan fingerprint density at radius 2 is 1.74 bits per heavy atom. The van der Waals surface area contributed by atoms with E-state index in [1.165, 1.54) is 24.3 Å². The van der Waals surface area contributed by atoms with Crippen LogP contribution >= 0.6 is 0 Å². The predicted octanol–water partition coefficient (Wildman–Crippen LogP) is 5.43. The molecule has 0 radical (unpaired) electrons. The molecule has 0 saturated carbocycles. The van der Waals surface area contributed by atoms with Crippen LogP contribution in [0.3, 0.4) is 0 Å². The number of hydrogen-bond acceptors (Lipinski definition) is 4. The molecule has 0 fully saturated rings. The fourth-order valence-corrected chi connectivity index (χ4v) is 2.73. The van der Waals surface area contributed by atoms with Crippen molar-refractivity contribution in [2.24, 2.45) is 0 Å². The average molecular weight is 427 g/mol. The molecule has 0 heterocycles. The molecule has 8 heteroatoms. The van der Waals surface area contributed by atoms with E-state index in [-0.39, 0.29) is 11.7 Å². The van der Waals surface area contributed by atoms with Crippen LogP contribution in [0.2, 0.25) is 0 Å². The van der Waals surface area contributed by atoms with E-state index < -0.39 is 6.36 Å². The molecule has 31 heavy (non-hydrogen) atoms. The molecule has 4 N–H and O–H groups in total. The molecule has 0 aliphatic rings. The lowest BCUT2D eigenvalue weighted by Gasteiger charge is -2.11. The summed E-state index contributed by atoms with van der Waals surface area (Å²) in [5.41, 5.74) is 9.05. The lowest BCUT2D eigenvalue weighted by molar-refractivity contribution is -0.274. The molecule has 3 rings (SSSR count). The summed E-state index contributed by atoms with van der Waals surface area (Å²) in [5.74, 6) is -0.566. The molecule has 0 atom stereocenters. The number of rotatable bonds is 7. The molecule has 0 spiro atoms. The molecular weight excluding hydrogens is 407 g/mol. The van der Waals surface area contributed by atoms with E-state index in [0.29, 0.717) is 23.5 Å². The van der Waals surface area contributed by atoms with Gasteiger partial charge in [0.15, 0.2) is 0 Å². The van der Waals surface area contributed by atoms with Crippen LogP contribution in [-0.2, 0) is 11.3 Å². The third kappa shape index (κ3) is 7.11. The van der Waals surface area contributed by atoms with Crippen LogP contribution in [0.15, 0.2) is 78.9 Å². The Balaban J connectivity index is 1.53. The Hall–Kier alpha value is -3.94. The summed E-state index contributed by atoms with van der Waals surface area (Å²) in [6, 6.07) is 20.0. The first-order valence-electron chi connectivity index (χ1n) is 9.31. The van der Waals surface area contributed by atoms with E-state index in [1.54, 1.807) is 36.4 Å².